The third kappa shape index (κ3) is 5.31. The number of rotatable bonds is 6. The first kappa shape index (κ1) is 21.5. The fraction of sp³-hybridized carbons (Fsp3) is 0.348. The minimum absolute atomic E-state index is 0.241. The average molecular weight is 439 g/mol. The molecule has 1 saturated heterocycles. The highest BCUT2D eigenvalue weighted by Gasteiger charge is 2.18. The van der Waals surface area contributed by atoms with Gasteiger partial charge in [0, 0.05) is 44.3 Å². The summed E-state index contributed by atoms with van der Waals surface area (Å²) < 4.78 is 1.62. The van der Waals surface area contributed by atoms with E-state index in [2.05, 4.69) is 44.6 Å². The molecule has 2 aromatic carbocycles. The van der Waals surface area contributed by atoms with Crippen molar-refractivity contribution in [3.63, 3.8) is 0 Å². The maximum Gasteiger partial charge on any atom is 0.274 e. The fourth-order valence-electron chi connectivity index (χ4n) is 3.76. The third-order valence-electron chi connectivity index (χ3n) is 5.61. The summed E-state index contributed by atoms with van der Waals surface area (Å²) in [4.78, 5) is 17.5. The molecule has 1 aromatic heterocycles. The number of piperazine rings is 1. The number of carbonyl (C=O) groups excluding carboxylic acids is 1. The van der Waals surface area contributed by atoms with Crippen molar-refractivity contribution in [3.8, 4) is 5.69 Å². The van der Waals surface area contributed by atoms with E-state index in [1.54, 1.807) is 16.8 Å². The zero-order valence-corrected chi connectivity index (χ0v) is 18.6. The van der Waals surface area contributed by atoms with Crippen LogP contribution in [-0.2, 0) is 13.1 Å². The van der Waals surface area contributed by atoms with Gasteiger partial charge in [0.25, 0.3) is 5.91 Å². The second-order valence-corrected chi connectivity index (χ2v) is 8.43. The van der Waals surface area contributed by atoms with Crippen molar-refractivity contribution in [2.75, 3.05) is 33.2 Å². The summed E-state index contributed by atoms with van der Waals surface area (Å²) in [5.41, 5.74) is 4.09. The number of amides is 1. The average Bonchev–Trinajstić information content (AvgIpc) is 3.15. The number of carbonyl (C=O) groups is 1. The second-order valence-electron chi connectivity index (χ2n) is 8.00. The van der Waals surface area contributed by atoms with Crippen molar-refractivity contribution >= 4 is 17.5 Å². The first-order valence-corrected chi connectivity index (χ1v) is 10.8. The summed E-state index contributed by atoms with van der Waals surface area (Å²) in [5.74, 6) is -0.241. The Morgan fingerprint density at radius 1 is 1.06 bits per heavy atom. The third-order valence-corrected chi connectivity index (χ3v) is 5.84. The molecule has 1 fully saturated rings. The Morgan fingerprint density at radius 2 is 1.81 bits per heavy atom. The Morgan fingerprint density at radius 3 is 2.58 bits per heavy atom. The van der Waals surface area contributed by atoms with E-state index in [9.17, 15) is 4.79 Å². The predicted molar refractivity (Wildman–Crippen MR) is 121 cm³/mol. The lowest BCUT2D eigenvalue weighted by molar-refractivity contribution is 0.0945. The SMILES string of the molecule is Cc1c(C(=O)NCc2cccc(CN3CCN(C)CC3)c2)nnn1-c1cccc(Cl)c1. The molecule has 2 heterocycles. The van der Waals surface area contributed by atoms with Crippen molar-refractivity contribution in [3.05, 3.63) is 76.1 Å². The van der Waals surface area contributed by atoms with Gasteiger partial charge in [-0.1, -0.05) is 47.1 Å². The van der Waals surface area contributed by atoms with E-state index >= 15 is 0 Å². The number of benzene rings is 2. The van der Waals surface area contributed by atoms with E-state index in [-0.39, 0.29) is 5.91 Å². The van der Waals surface area contributed by atoms with Crippen LogP contribution in [-0.4, -0.2) is 63.9 Å². The van der Waals surface area contributed by atoms with Gasteiger partial charge >= 0.3 is 0 Å². The summed E-state index contributed by atoms with van der Waals surface area (Å²) >= 11 is 6.07. The highest BCUT2D eigenvalue weighted by molar-refractivity contribution is 6.30. The topological polar surface area (TPSA) is 66.3 Å². The van der Waals surface area contributed by atoms with Gasteiger partial charge in [-0.05, 0) is 43.3 Å². The van der Waals surface area contributed by atoms with Crippen molar-refractivity contribution < 1.29 is 4.79 Å². The van der Waals surface area contributed by atoms with Gasteiger partial charge in [-0.25, -0.2) is 4.68 Å². The summed E-state index contributed by atoms with van der Waals surface area (Å²) in [5, 5.41) is 11.8. The first-order chi connectivity index (χ1) is 15.0. The van der Waals surface area contributed by atoms with E-state index in [0.29, 0.717) is 23.0 Å². The van der Waals surface area contributed by atoms with E-state index in [4.69, 9.17) is 11.6 Å². The van der Waals surface area contributed by atoms with Crippen LogP contribution in [0.15, 0.2) is 48.5 Å². The number of aromatic nitrogens is 3. The quantitative estimate of drug-likeness (QED) is 0.641. The molecule has 0 radical (unpaired) electrons. The molecule has 4 rings (SSSR count). The summed E-state index contributed by atoms with van der Waals surface area (Å²) in [6, 6.07) is 15.7. The maximum absolute atomic E-state index is 12.7. The highest BCUT2D eigenvalue weighted by Crippen LogP contribution is 2.17. The standard InChI is InChI=1S/C23H27ClN6O/c1-17-22(26-27-30(17)21-8-4-7-20(24)14-21)23(31)25-15-18-5-3-6-19(13-18)16-29-11-9-28(2)10-12-29/h3-8,13-14H,9-12,15-16H2,1-2H3,(H,25,31). The van der Waals surface area contributed by atoms with Gasteiger partial charge in [0.2, 0.25) is 0 Å². The molecule has 0 unspecified atom stereocenters. The largest absolute Gasteiger partial charge is 0.347 e. The zero-order chi connectivity index (χ0) is 21.8. The number of hydrogen-bond donors (Lipinski definition) is 1. The molecule has 1 amide bonds. The fourth-order valence-corrected chi connectivity index (χ4v) is 3.94. The van der Waals surface area contributed by atoms with E-state index in [1.807, 2.05) is 31.2 Å². The van der Waals surface area contributed by atoms with Crippen LogP contribution >= 0.6 is 11.6 Å². The van der Waals surface area contributed by atoms with Gasteiger partial charge < -0.3 is 10.2 Å². The lowest BCUT2D eigenvalue weighted by Gasteiger charge is -2.32. The van der Waals surface area contributed by atoms with E-state index < -0.39 is 0 Å². The number of likely N-dealkylation sites (N-methyl/N-ethyl adjacent to an activating group) is 1. The van der Waals surface area contributed by atoms with Crippen LogP contribution in [0, 0.1) is 6.92 Å². The van der Waals surface area contributed by atoms with Crippen LogP contribution < -0.4 is 5.32 Å². The van der Waals surface area contributed by atoms with E-state index in [1.165, 1.54) is 5.56 Å². The lowest BCUT2D eigenvalue weighted by Crippen LogP contribution is -2.43. The molecule has 162 valence electrons. The van der Waals surface area contributed by atoms with Crippen molar-refractivity contribution in [1.82, 2.24) is 30.1 Å². The van der Waals surface area contributed by atoms with Crippen LogP contribution in [0.5, 0.6) is 0 Å². The Labute approximate surface area is 187 Å². The second kappa shape index (κ2) is 9.60. The number of hydrogen-bond acceptors (Lipinski definition) is 5. The van der Waals surface area contributed by atoms with Gasteiger partial charge in [0.05, 0.1) is 11.4 Å². The van der Waals surface area contributed by atoms with Crippen LogP contribution in [0.3, 0.4) is 0 Å². The minimum Gasteiger partial charge on any atom is -0.347 e. The summed E-state index contributed by atoms with van der Waals surface area (Å²) in [6.45, 7) is 7.57. The van der Waals surface area contributed by atoms with E-state index in [0.717, 1.165) is 44.0 Å². The molecule has 31 heavy (non-hydrogen) atoms. The molecule has 1 aliphatic heterocycles. The monoisotopic (exact) mass is 438 g/mol. The van der Waals surface area contributed by atoms with Crippen LogP contribution in [0.4, 0.5) is 0 Å². The van der Waals surface area contributed by atoms with Crippen LogP contribution in [0.25, 0.3) is 5.69 Å². The molecule has 1 aliphatic rings. The van der Waals surface area contributed by atoms with Gasteiger partial charge in [-0.3, -0.25) is 9.69 Å². The van der Waals surface area contributed by atoms with Crippen LogP contribution in [0.1, 0.15) is 27.3 Å². The molecule has 7 nitrogen and oxygen atoms in total. The normalized spacial score (nSPS) is 15.2. The number of nitrogens with one attached hydrogen (secondary N) is 1. The van der Waals surface area contributed by atoms with Gasteiger partial charge in [0.15, 0.2) is 5.69 Å². The molecular formula is C23H27ClN6O. The minimum atomic E-state index is -0.241. The molecule has 1 N–H and O–H groups in total. The van der Waals surface area contributed by atoms with Gasteiger partial charge in [-0.2, -0.15) is 0 Å². The van der Waals surface area contributed by atoms with Crippen molar-refractivity contribution in [1.29, 1.82) is 0 Å². The molecule has 0 spiro atoms. The Balaban J connectivity index is 1.38. The van der Waals surface area contributed by atoms with Crippen molar-refractivity contribution in [2.45, 2.75) is 20.0 Å². The molecular weight excluding hydrogens is 412 g/mol. The van der Waals surface area contributed by atoms with Gasteiger partial charge in [-0.15, -0.1) is 5.10 Å². The lowest BCUT2D eigenvalue weighted by atomic mass is 10.1. The molecule has 3 aromatic rings. The summed E-state index contributed by atoms with van der Waals surface area (Å²) in [7, 11) is 2.16. The number of nitrogens with zero attached hydrogens (tertiary/aromatic N) is 5. The Bertz CT molecular complexity index is 1060. The Kier molecular flexibility index (Phi) is 6.65. The molecule has 8 heteroatoms. The predicted octanol–water partition coefficient (Wildman–Crippen LogP) is 2.91. The van der Waals surface area contributed by atoms with Crippen LogP contribution in [0.2, 0.25) is 5.02 Å². The molecule has 0 aliphatic carbocycles. The number of halogens is 1. The zero-order valence-electron chi connectivity index (χ0n) is 17.9. The molecule has 0 bridgehead atoms. The maximum atomic E-state index is 12.7. The first-order valence-electron chi connectivity index (χ1n) is 10.4. The molecule has 0 saturated carbocycles. The smallest absolute Gasteiger partial charge is 0.274 e. The summed E-state index contributed by atoms with van der Waals surface area (Å²) in [6.07, 6.45) is 0. The molecule has 0 atom stereocenters. The Hall–Kier alpha value is -2.74. The van der Waals surface area contributed by atoms with Crippen molar-refractivity contribution in [2.24, 2.45) is 0 Å². The highest BCUT2D eigenvalue weighted by atomic mass is 35.5. The van der Waals surface area contributed by atoms with Gasteiger partial charge in [0.1, 0.15) is 0 Å².